The van der Waals surface area contributed by atoms with Crippen LogP contribution in [0.5, 0.6) is 0 Å². The number of carbonyl (C=O) groups is 1. The van der Waals surface area contributed by atoms with E-state index in [1.807, 2.05) is 10.9 Å². The molecule has 2 N–H and O–H groups in total. The van der Waals surface area contributed by atoms with Crippen LogP contribution in [0.1, 0.15) is 48.9 Å². The lowest BCUT2D eigenvalue weighted by molar-refractivity contribution is 0.0992. The Labute approximate surface area is 101 Å². The van der Waals surface area contributed by atoms with Crippen molar-refractivity contribution in [2.45, 2.75) is 45.7 Å². The predicted molar refractivity (Wildman–Crippen MR) is 66.3 cm³/mol. The molecule has 1 aliphatic rings. The molecule has 0 radical (unpaired) electrons. The van der Waals surface area contributed by atoms with E-state index in [2.05, 4.69) is 30.9 Å². The summed E-state index contributed by atoms with van der Waals surface area (Å²) < 4.78 is 1.87. The minimum atomic E-state index is -0.459. The van der Waals surface area contributed by atoms with Gasteiger partial charge in [0.05, 0.1) is 12.2 Å². The van der Waals surface area contributed by atoms with Crippen molar-refractivity contribution in [2.75, 3.05) is 0 Å². The van der Waals surface area contributed by atoms with E-state index in [0.717, 1.165) is 24.2 Å². The lowest BCUT2D eigenvalue weighted by Gasteiger charge is -2.20. The van der Waals surface area contributed by atoms with Crippen LogP contribution in [-0.4, -0.2) is 21.9 Å². The third-order valence-corrected chi connectivity index (χ3v) is 2.88. The number of amides is 1. The molecule has 0 aliphatic carbocycles. The first-order valence-corrected chi connectivity index (χ1v) is 5.79. The minimum Gasteiger partial charge on any atom is -0.364 e. The molecule has 5 nitrogen and oxygen atoms in total. The number of fused-ring (bicyclic) bond motifs is 1. The van der Waals surface area contributed by atoms with Crippen LogP contribution in [0.2, 0.25) is 0 Å². The lowest BCUT2D eigenvalue weighted by Crippen LogP contribution is -2.21. The van der Waals surface area contributed by atoms with Crippen molar-refractivity contribution < 1.29 is 4.79 Å². The fourth-order valence-corrected chi connectivity index (χ4v) is 2.23. The first-order valence-electron chi connectivity index (χ1n) is 5.79. The molecular weight excluding hydrogens is 216 g/mol. The number of aliphatic imine (C=N–C) groups is 1. The fraction of sp³-hybridized carbons (Fsp3) is 0.583. The summed E-state index contributed by atoms with van der Waals surface area (Å²) in [5.74, 6) is -0.459. The molecule has 0 saturated carbocycles. The van der Waals surface area contributed by atoms with Crippen LogP contribution in [0.3, 0.4) is 0 Å². The Morgan fingerprint density at radius 2 is 2.18 bits per heavy atom. The van der Waals surface area contributed by atoms with Crippen molar-refractivity contribution in [3.63, 3.8) is 0 Å². The van der Waals surface area contributed by atoms with E-state index in [1.165, 1.54) is 0 Å². The van der Waals surface area contributed by atoms with E-state index in [9.17, 15) is 4.79 Å². The average Bonchev–Trinajstić information content (AvgIpc) is 2.43. The quantitative estimate of drug-likeness (QED) is 0.794. The number of carbonyl (C=O) groups excluding carboxylic acids is 1. The Bertz CT molecular complexity index is 479. The van der Waals surface area contributed by atoms with Gasteiger partial charge < -0.3 is 5.73 Å². The maximum absolute atomic E-state index is 11.5. The SMILES string of the molecule is CC(C)(C)c1c(C(N)=O)nn2c1CN=CCC2. The zero-order valence-electron chi connectivity index (χ0n) is 10.5. The number of aromatic nitrogens is 2. The molecule has 2 heterocycles. The van der Waals surface area contributed by atoms with E-state index < -0.39 is 5.91 Å². The summed E-state index contributed by atoms with van der Waals surface area (Å²) in [5, 5.41) is 4.34. The van der Waals surface area contributed by atoms with Crippen molar-refractivity contribution in [1.82, 2.24) is 9.78 Å². The van der Waals surface area contributed by atoms with E-state index in [0.29, 0.717) is 12.2 Å². The Balaban J connectivity index is 2.64. The van der Waals surface area contributed by atoms with E-state index >= 15 is 0 Å². The lowest BCUT2D eigenvalue weighted by atomic mass is 9.84. The number of nitrogens with two attached hydrogens (primary N) is 1. The van der Waals surface area contributed by atoms with Crippen molar-refractivity contribution in [3.05, 3.63) is 17.0 Å². The van der Waals surface area contributed by atoms with Gasteiger partial charge in [-0.2, -0.15) is 5.10 Å². The van der Waals surface area contributed by atoms with Crippen LogP contribution in [0.4, 0.5) is 0 Å². The van der Waals surface area contributed by atoms with Crippen LogP contribution in [0.25, 0.3) is 0 Å². The number of primary amides is 1. The smallest absolute Gasteiger partial charge is 0.269 e. The van der Waals surface area contributed by atoms with Crippen molar-refractivity contribution >= 4 is 12.1 Å². The second kappa shape index (κ2) is 3.98. The fourth-order valence-electron chi connectivity index (χ4n) is 2.23. The summed E-state index contributed by atoms with van der Waals surface area (Å²) in [5.41, 5.74) is 7.60. The van der Waals surface area contributed by atoms with Crippen LogP contribution < -0.4 is 5.73 Å². The van der Waals surface area contributed by atoms with Crippen LogP contribution in [0.15, 0.2) is 4.99 Å². The molecule has 0 saturated heterocycles. The molecule has 17 heavy (non-hydrogen) atoms. The normalized spacial score (nSPS) is 15.5. The molecule has 1 aromatic heterocycles. The summed E-state index contributed by atoms with van der Waals surface area (Å²) in [6, 6.07) is 0. The van der Waals surface area contributed by atoms with Crippen molar-refractivity contribution in [2.24, 2.45) is 10.7 Å². The molecule has 0 fully saturated rings. The second-order valence-electron chi connectivity index (χ2n) is 5.32. The van der Waals surface area contributed by atoms with Gasteiger partial charge >= 0.3 is 0 Å². The van der Waals surface area contributed by atoms with Gasteiger partial charge in [-0.15, -0.1) is 0 Å². The molecule has 0 bridgehead atoms. The molecule has 5 heteroatoms. The third kappa shape index (κ3) is 2.09. The molecule has 1 aliphatic heterocycles. The van der Waals surface area contributed by atoms with Gasteiger partial charge in [-0.05, 0) is 5.41 Å². The van der Waals surface area contributed by atoms with Crippen LogP contribution in [0, 0.1) is 0 Å². The summed E-state index contributed by atoms with van der Waals surface area (Å²) >= 11 is 0. The van der Waals surface area contributed by atoms with Gasteiger partial charge in [-0.1, -0.05) is 20.8 Å². The molecule has 0 unspecified atom stereocenters. The summed E-state index contributed by atoms with van der Waals surface area (Å²) in [4.78, 5) is 15.8. The predicted octanol–water partition coefficient (Wildman–Crippen LogP) is 1.25. The van der Waals surface area contributed by atoms with Gasteiger partial charge in [0, 0.05) is 24.7 Å². The van der Waals surface area contributed by atoms with Crippen LogP contribution in [-0.2, 0) is 18.5 Å². The first-order chi connectivity index (χ1) is 7.91. The summed E-state index contributed by atoms with van der Waals surface area (Å²) in [7, 11) is 0. The molecule has 2 rings (SSSR count). The number of rotatable bonds is 1. The Hall–Kier alpha value is -1.65. The monoisotopic (exact) mass is 234 g/mol. The topological polar surface area (TPSA) is 73.3 Å². The van der Waals surface area contributed by atoms with Crippen LogP contribution >= 0.6 is 0 Å². The molecule has 0 atom stereocenters. The molecule has 92 valence electrons. The molecule has 1 aromatic rings. The highest BCUT2D eigenvalue weighted by Gasteiger charge is 2.29. The zero-order valence-corrected chi connectivity index (χ0v) is 10.5. The second-order valence-corrected chi connectivity index (χ2v) is 5.32. The maximum atomic E-state index is 11.5. The first kappa shape index (κ1) is 11.8. The number of hydrogen-bond acceptors (Lipinski definition) is 3. The largest absolute Gasteiger partial charge is 0.364 e. The maximum Gasteiger partial charge on any atom is 0.269 e. The van der Waals surface area contributed by atoms with Gasteiger partial charge in [-0.3, -0.25) is 14.5 Å². The van der Waals surface area contributed by atoms with Gasteiger partial charge in [-0.25, -0.2) is 0 Å². The summed E-state index contributed by atoms with van der Waals surface area (Å²) in [6.07, 6.45) is 2.75. The van der Waals surface area contributed by atoms with E-state index in [-0.39, 0.29) is 5.41 Å². The van der Waals surface area contributed by atoms with E-state index in [4.69, 9.17) is 5.73 Å². The Morgan fingerprint density at radius 1 is 1.47 bits per heavy atom. The number of hydrogen-bond donors (Lipinski definition) is 1. The molecule has 0 spiro atoms. The highest BCUT2D eigenvalue weighted by Crippen LogP contribution is 2.30. The third-order valence-electron chi connectivity index (χ3n) is 2.88. The zero-order chi connectivity index (χ0) is 12.6. The average molecular weight is 234 g/mol. The van der Waals surface area contributed by atoms with E-state index in [1.54, 1.807) is 0 Å². The Morgan fingerprint density at radius 3 is 2.76 bits per heavy atom. The summed E-state index contributed by atoms with van der Waals surface area (Å²) in [6.45, 7) is 7.52. The molecular formula is C12H18N4O. The van der Waals surface area contributed by atoms with Gasteiger partial charge in [0.1, 0.15) is 0 Å². The van der Waals surface area contributed by atoms with Gasteiger partial charge in [0.15, 0.2) is 5.69 Å². The number of nitrogens with zero attached hydrogens (tertiary/aromatic N) is 3. The highest BCUT2D eigenvalue weighted by molar-refractivity contribution is 5.93. The van der Waals surface area contributed by atoms with Crippen molar-refractivity contribution in [3.8, 4) is 0 Å². The van der Waals surface area contributed by atoms with Crippen molar-refractivity contribution in [1.29, 1.82) is 0 Å². The molecule has 0 aromatic carbocycles. The minimum absolute atomic E-state index is 0.155. The highest BCUT2D eigenvalue weighted by atomic mass is 16.1. The Kier molecular flexibility index (Phi) is 2.77. The molecule has 1 amide bonds. The standard InChI is InChI=1S/C12H18N4O/c1-12(2,3)9-8-7-14-5-4-6-16(8)15-10(9)11(13)17/h5H,4,6-7H2,1-3H3,(H2,13,17). The number of aryl methyl sites for hydroxylation is 1. The van der Waals surface area contributed by atoms with Gasteiger partial charge in [0.25, 0.3) is 5.91 Å². The van der Waals surface area contributed by atoms with Gasteiger partial charge in [0.2, 0.25) is 0 Å².